The molecule has 0 spiro atoms. The lowest BCUT2D eigenvalue weighted by Crippen LogP contribution is -2.26. The van der Waals surface area contributed by atoms with Crippen LogP contribution < -0.4 is 10.1 Å². The molecule has 0 heterocycles. The van der Waals surface area contributed by atoms with Crippen molar-refractivity contribution >= 4 is 11.9 Å². The van der Waals surface area contributed by atoms with E-state index in [0.717, 1.165) is 29.7 Å². The van der Waals surface area contributed by atoms with Crippen LogP contribution in [-0.4, -0.2) is 23.5 Å². The average molecular weight is 500 g/mol. The summed E-state index contributed by atoms with van der Waals surface area (Å²) in [5, 5.41) is 11.3. The minimum Gasteiger partial charge on any atom is -0.486 e. The molecule has 190 valence electrons. The maximum absolute atomic E-state index is 12.8. The fourth-order valence-corrected chi connectivity index (χ4v) is 3.66. The van der Waals surface area contributed by atoms with Crippen LogP contribution in [0.3, 0.4) is 0 Å². The minimum absolute atomic E-state index is 0.0530. The molecule has 36 heavy (non-hydrogen) atoms. The first-order valence-electron chi connectivity index (χ1n) is 11.6. The second kappa shape index (κ2) is 11.7. The number of ether oxygens (including phenoxy) is 1. The molecule has 0 aliphatic carbocycles. The number of alkyl halides is 3. The van der Waals surface area contributed by atoms with Crippen LogP contribution in [0.4, 0.5) is 13.2 Å². The fraction of sp³-hybridized carbons (Fsp3) is 0.286. The summed E-state index contributed by atoms with van der Waals surface area (Å²) in [5.41, 5.74) is 2.07. The Kier molecular flexibility index (Phi) is 8.74. The third kappa shape index (κ3) is 7.60. The van der Waals surface area contributed by atoms with Gasteiger partial charge in [0, 0.05) is 12.1 Å². The van der Waals surface area contributed by atoms with E-state index in [-0.39, 0.29) is 25.0 Å². The van der Waals surface area contributed by atoms with Gasteiger partial charge in [0.2, 0.25) is 0 Å². The largest absolute Gasteiger partial charge is 0.486 e. The molecule has 0 aromatic heterocycles. The van der Waals surface area contributed by atoms with Crippen molar-refractivity contribution in [1.29, 1.82) is 0 Å². The molecule has 8 heteroatoms. The molecule has 0 saturated heterocycles. The zero-order valence-electron chi connectivity index (χ0n) is 20.0. The van der Waals surface area contributed by atoms with E-state index in [1.807, 2.05) is 12.1 Å². The second-order valence-electron chi connectivity index (χ2n) is 8.86. The van der Waals surface area contributed by atoms with Gasteiger partial charge in [0.05, 0.1) is 12.0 Å². The second-order valence-corrected chi connectivity index (χ2v) is 8.86. The molecule has 0 bridgehead atoms. The Morgan fingerprint density at radius 3 is 1.94 bits per heavy atom. The van der Waals surface area contributed by atoms with E-state index in [0.29, 0.717) is 22.8 Å². The Morgan fingerprint density at radius 2 is 1.44 bits per heavy atom. The van der Waals surface area contributed by atoms with Gasteiger partial charge in [-0.2, -0.15) is 13.2 Å². The number of amides is 1. The van der Waals surface area contributed by atoms with Gasteiger partial charge in [0.15, 0.2) is 0 Å². The van der Waals surface area contributed by atoms with E-state index in [9.17, 15) is 22.8 Å². The van der Waals surface area contributed by atoms with E-state index in [4.69, 9.17) is 9.84 Å². The Balaban J connectivity index is 1.70. The monoisotopic (exact) mass is 499 g/mol. The molecule has 0 aliphatic heterocycles. The van der Waals surface area contributed by atoms with Crippen LogP contribution in [-0.2, 0) is 11.0 Å². The SMILES string of the molecule is CC(C)CC(Oc1ccc(-c2ccc(C(F)(F)F)cc2)cc1)c1ccc(C(=O)NCCC(=O)O)cc1. The molecule has 1 amide bonds. The van der Waals surface area contributed by atoms with Crippen molar-refractivity contribution in [3.05, 3.63) is 89.5 Å². The van der Waals surface area contributed by atoms with Crippen LogP contribution in [0.1, 0.15) is 54.3 Å². The molecule has 3 aromatic carbocycles. The van der Waals surface area contributed by atoms with Crippen molar-refractivity contribution in [2.24, 2.45) is 5.92 Å². The van der Waals surface area contributed by atoms with E-state index in [1.165, 1.54) is 12.1 Å². The summed E-state index contributed by atoms with van der Waals surface area (Å²) >= 11 is 0. The topological polar surface area (TPSA) is 75.6 Å². The Hall–Kier alpha value is -3.81. The molecule has 2 N–H and O–H groups in total. The smallest absolute Gasteiger partial charge is 0.416 e. The van der Waals surface area contributed by atoms with E-state index in [1.54, 1.807) is 36.4 Å². The van der Waals surface area contributed by atoms with Gasteiger partial charge in [-0.3, -0.25) is 9.59 Å². The molecule has 0 saturated carbocycles. The number of hydrogen-bond acceptors (Lipinski definition) is 3. The first-order valence-corrected chi connectivity index (χ1v) is 11.6. The summed E-state index contributed by atoms with van der Waals surface area (Å²) in [6.45, 7) is 4.21. The summed E-state index contributed by atoms with van der Waals surface area (Å²) < 4.78 is 44.7. The number of carbonyl (C=O) groups is 2. The number of carboxylic acids is 1. The third-order valence-corrected chi connectivity index (χ3v) is 5.53. The van der Waals surface area contributed by atoms with Crippen molar-refractivity contribution in [3.63, 3.8) is 0 Å². The molecule has 5 nitrogen and oxygen atoms in total. The molecule has 0 fully saturated rings. The Morgan fingerprint density at radius 1 is 0.889 bits per heavy atom. The lowest BCUT2D eigenvalue weighted by Gasteiger charge is -2.22. The van der Waals surface area contributed by atoms with Gasteiger partial charge < -0.3 is 15.2 Å². The Labute approximate surface area is 207 Å². The number of hydrogen-bond donors (Lipinski definition) is 2. The maximum atomic E-state index is 12.8. The first-order chi connectivity index (χ1) is 17.0. The van der Waals surface area contributed by atoms with Gasteiger partial charge >= 0.3 is 12.1 Å². The van der Waals surface area contributed by atoms with Crippen LogP contribution in [0.2, 0.25) is 0 Å². The highest BCUT2D eigenvalue weighted by molar-refractivity contribution is 5.94. The fourth-order valence-electron chi connectivity index (χ4n) is 3.66. The average Bonchev–Trinajstić information content (AvgIpc) is 2.83. The van der Waals surface area contributed by atoms with Crippen molar-refractivity contribution in [2.45, 2.75) is 39.0 Å². The highest BCUT2D eigenvalue weighted by Crippen LogP contribution is 2.32. The summed E-state index contributed by atoms with van der Waals surface area (Å²) in [4.78, 5) is 22.8. The molecular formula is C28H28F3NO4. The van der Waals surface area contributed by atoms with Crippen molar-refractivity contribution in [1.82, 2.24) is 5.32 Å². The van der Waals surface area contributed by atoms with Gasteiger partial charge in [-0.1, -0.05) is 50.2 Å². The minimum atomic E-state index is -4.37. The van der Waals surface area contributed by atoms with E-state index < -0.39 is 17.7 Å². The van der Waals surface area contributed by atoms with Gasteiger partial charge in [-0.25, -0.2) is 0 Å². The molecule has 1 atom stereocenters. The summed E-state index contributed by atoms with van der Waals surface area (Å²) in [6, 6.07) is 19.2. The van der Waals surface area contributed by atoms with Gasteiger partial charge in [-0.05, 0) is 65.4 Å². The van der Waals surface area contributed by atoms with Crippen molar-refractivity contribution in [2.75, 3.05) is 6.54 Å². The van der Waals surface area contributed by atoms with Crippen LogP contribution >= 0.6 is 0 Å². The molecule has 0 radical (unpaired) electrons. The zero-order chi connectivity index (χ0) is 26.3. The highest BCUT2D eigenvalue weighted by atomic mass is 19.4. The predicted octanol–water partition coefficient (Wildman–Crippen LogP) is 6.74. The lowest BCUT2D eigenvalue weighted by molar-refractivity contribution is -0.138. The standard InChI is InChI=1S/C28H28F3NO4/c1-18(2)17-25(21-3-5-22(6-4-21)27(35)32-16-15-26(33)34)36-24-13-9-20(10-14-24)19-7-11-23(12-8-19)28(29,30)31/h3-14,18,25H,15-17H2,1-2H3,(H,32,35)(H,33,34). The number of nitrogens with one attached hydrogen (secondary N) is 1. The van der Waals surface area contributed by atoms with Crippen molar-refractivity contribution < 1.29 is 32.6 Å². The maximum Gasteiger partial charge on any atom is 0.416 e. The highest BCUT2D eigenvalue weighted by Gasteiger charge is 2.30. The van der Waals surface area contributed by atoms with Gasteiger partial charge in [0.1, 0.15) is 11.9 Å². The normalized spacial score (nSPS) is 12.3. The predicted molar refractivity (Wildman–Crippen MR) is 131 cm³/mol. The van der Waals surface area contributed by atoms with E-state index >= 15 is 0 Å². The number of halogens is 3. The van der Waals surface area contributed by atoms with Crippen molar-refractivity contribution in [3.8, 4) is 16.9 Å². The number of benzene rings is 3. The molecule has 3 rings (SSSR count). The third-order valence-electron chi connectivity index (χ3n) is 5.53. The lowest BCUT2D eigenvalue weighted by atomic mass is 9.98. The molecular weight excluding hydrogens is 471 g/mol. The molecule has 3 aromatic rings. The summed E-state index contributed by atoms with van der Waals surface area (Å²) in [6.07, 6.45) is -4.06. The van der Waals surface area contributed by atoms with Crippen LogP contribution in [0, 0.1) is 5.92 Å². The van der Waals surface area contributed by atoms with Gasteiger partial charge in [-0.15, -0.1) is 0 Å². The quantitative estimate of drug-likeness (QED) is 0.324. The molecule has 0 aliphatic rings. The number of rotatable bonds is 10. The zero-order valence-corrected chi connectivity index (χ0v) is 20.0. The summed E-state index contributed by atoms with van der Waals surface area (Å²) in [5.74, 6) is -0.373. The van der Waals surface area contributed by atoms with Gasteiger partial charge in [0.25, 0.3) is 5.91 Å². The number of aliphatic carboxylic acids is 1. The van der Waals surface area contributed by atoms with E-state index in [2.05, 4.69) is 19.2 Å². The number of carbonyl (C=O) groups excluding carboxylic acids is 1. The first kappa shape index (κ1) is 26.8. The summed E-state index contributed by atoms with van der Waals surface area (Å²) in [7, 11) is 0. The van der Waals surface area contributed by atoms with Crippen LogP contribution in [0.5, 0.6) is 5.75 Å². The van der Waals surface area contributed by atoms with Crippen LogP contribution in [0.25, 0.3) is 11.1 Å². The van der Waals surface area contributed by atoms with Crippen LogP contribution in [0.15, 0.2) is 72.8 Å². The molecule has 1 unspecified atom stereocenters. The number of carboxylic acid groups (broad SMARTS) is 1. The Bertz CT molecular complexity index is 1160.